The lowest BCUT2D eigenvalue weighted by Gasteiger charge is -2.13. The minimum absolute atomic E-state index is 0.342. The lowest BCUT2D eigenvalue weighted by molar-refractivity contribution is 0.0734. The number of carbonyl (C=O) groups excluding carboxylic acids is 2. The highest BCUT2D eigenvalue weighted by molar-refractivity contribution is 6.04. The Labute approximate surface area is 191 Å². The van der Waals surface area contributed by atoms with Gasteiger partial charge in [0.25, 0.3) is 5.91 Å². The van der Waals surface area contributed by atoms with Crippen molar-refractivity contribution < 1.29 is 14.3 Å². The van der Waals surface area contributed by atoms with Crippen LogP contribution in [0, 0.1) is 0 Å². The van der Waals surface area contributed by atoms with Gasteiger partial charge in [0.05, 0.1) is 17.3 Å². The fourth-order valence-corrected chi connectivity index (χ4v) is 3.27. The summed E-state index contributed by atoms with van der Waals surface area (Å²) in [6, 6.07) is 21.7. The number of hydrazone groups is 1. The van der Waals surface area contributed by atoms with Crippen LogP contribution in [0.4, 0.5) is 5.69 Å². The van der Waals surface area contributed by atoms with Crippen LogP contribution in [0.1, 0.15) is 26.3 Å². The van der Waals surface area contributed by atoms with Gasteiger partial charge in [-0.1, -0.05) is 30.3 Å². The molecule has 0 aliphatic heterocycles. The number of fused-ring (bicyclic) bond motifs is 1. The van der Waals surface area contributed by atoms with Crippen LogP contribution in [-0.2, 0) is 0 Å². The summed E-state index contributed by atoms with van der Waals surface area (Å²) >= 11 is 0. The Morgan fingerprint density at radius 3 is 2.45 bits per heavy atom. The van der Waals surface area contributed by atoms with Crippen LogP contribution >= 0.6 is 0 Å². The lowest BCUT2D eigenvalue weighted by Crippen LogP contribution is -2.18. The Morgan fingerprint density at radius 2 is 1.73 bits per heavy atom. The molecule has 0 radical (unpaired) electrons. The van der Waals surface area contributed by atoms with Crippen molar-refractivity contribution in [3.8, 4) is 5.75 Å². The molecule has 164 valence electrons. The Morgan fingerprint density at radius 1 is 0.939 bits per heavy atom. The molecule has 0 saturated carbocycles. The van der Waals surface area contributed by atoms with Gasteiger partial charge in [-0.2, -0.15) is 5.10 Å². The zero-order chi connectivity index (χ0) is 23.2. The second-order valence-corrected chi connectivity index (χ2v) is 7.47. The highest BCUT2D eigenvalue weighted by Crippen LogP contribution is 2.27. The molecule has 0 unspecified atom stereocenters. The van der Waals surface area contributed by atoms with Crippen molar-refractivity contribution in [2.75, 3.05) is 19.0 Å². The van der Waals surface area contributed by atoms with E-state index >= 15 is 0 Å². The zero-order valence-electron chi connectivity index (χ0n) is 18.2. The van der Waals surface area contributed by atoms with E-state index in [9.17, 15) is 9.59 Å². The minimum Gasteiger partial charge on any atom is -0.422 e. The first kappa shape index (κ1) is 21.7. The van der Waals surface area contributed by atoms with E-state index in [4.69, 9.17) is 4.74 Å². The number of benzene rings is 3. The van der Waals surface area contributed by atoms with Crippen LogP contribution in [0.5, 0.6) is 5.75 Å². The summed E-state index contributed by atoms with van der Waals surface area (Å²) in [6.45, 7) is 0. The summed E-state index contributed by atoms with van der Waals surface area (Å²) in [5.74, 6) is -0.529. The summed E-state index contributed by atoms with van der Waals surface area (Å²) in [4.78, 5) is 30.9. The molecule has 1 N–H and O–H groups in total. The smallest absolute Gasteiger partial charge is 0.343 e. The molecule has 0 spiro atoms. The summed E-state index contributed by atoms with van der Waals surface area (Å²) in [5.41, 5.74) is 4.87. The van der Waals surface area contributed by atoms with Gasteiger partial charge in [0.1, 0.15) is 5.75 Å². The topological polar surface area (TPSA) is 83.9 Å². The average molecular weight is 438 g/mol. The Bertz CT molecular complexity index is 1320. The van der Waals surface area contributed by atoms with E-state index < -0.39 is 5.97 Å². The van der Waals surface area contributed by atoms with Crippen molar-refractivity contribution in [1.82, 2.24) is 10.4 Å². The van der Waals surface area contributed by atoms with Crippen LogP contribution in [0.3, 0.4) is 0 Å². The van der Waals surface area contributed by atoms with Crippen molar-refractivity contribution in [1.29, 1.82) is 0 Å². The second-order valence-electron chi connectivity index (χ2n) is 7.47. The molecule has 4 rings (SSSR count). The number of anilines is 1. The monoisotopic (exact) mass is 438 g/mol. The van der Waals surface area contributed by atoms with Crippen LogP contribution in [0.15, 0.2) is 90.3 Å². The predicted molar refractivity (Wildman–Crippen MR) is 129 cm³/mol. The minimum atomic E-state index is -0.482. The Hall–Kier alpha value is -4.52. The van der Waals surface area contributed by atoms with Gasteiger partial charge in [0, 0.05) is 37.7 Å². The standard InChI is InChI=1S/C26H22N4O3/c1-30(2)21-12-9-19(10-13-21)26(32)33-24-14-11-18-6-3-4-8-22(18)23(24)17-28-29-25(31)20-7-5-15-27-16-20/h3-17H,1-2H3,(H,29,31). The third kappa shape index (κ3) is 5.04. The van der Waals surface area contributed by atoms with E-state index in [1.54, 1.807) is 36.5 Å². The van der Waals surface area contributed by atoms with Crippen molar-refractivity contribution in [2.24, 2.45) is 5.10 Å². The van der Waals surface area contributed by atoms with Crippen LogP contribution in [0.2, 0.25) is 0 Å². The molecule has 1 heterocycles. The molecule has 0 bridgehead atoms. The van der Waals surface area contributed by atoms with Gasteiger partial charge in [0.2, 0.25) is 0 Å². The molecule has 4 aromatic rings. The van der Waals surface area contributed by atoms with Crippen molar-refractivity contribution in [3.63, 3.8) is 0 Å². The highest BCUT2D eigenvalue weighted by atomic mass is 16.5. The number of nitrogens with one attached hydrogen (secondary N) is 1. The number of rotatable bonds is 6. The van der Waals surface area contributed by atoms with Gasteiger partial charge in [-0.3, -0.25) is 9.78 Å². The average Bonchev–Trinajstić information content (AvgIpc) is 2.85. The lowest BCUT2D eigenvalue weighted by atomic mass is 10.0. The maximum absolute atomic E-state index is 12.8. The third-order valence-electron chi connectivity index (χ3n) is 5.04. The first-order valence-corrected chi connectivity index (χ1v) is 10.3. The molecule has 0 aliphatic rings. The summed E-state index contributed by atoms with van der Waals surface area (Å²) in [5, 5.41) is 5.88. The van der Waals surface area contributed by atoms with E-state index in [0.29, 0.717) is 22.4 Å². The summed E-state index contributed by atoms with van der Waals surface area (Å²) in [7, 11) is 3.86. The number of pyridine rings is 1. The fraction of sp³-hybridized carbons (Fsp3) is 0.0769. The van der Waals surface area contributed by atoms with E-state index in [2.05, 4.69) is 15.5 Å². The number of ether oxygens (including phenoxy) is 1. The Balaban J connectivity index is 1.61. The van der Waals surface area contributed by atoms with Crippen LogP contribution < -0.4 is 15.1 Å². The number of hydrogen-bond acceptors (Lipinski definition) is 6. The molecule has 0 saturated heterocycles. The number of aromatic nitrogens is 1. The van der Waals surface area contributed by atoms with Crippen molar-refractivity contribution in [2.45, 2.75) is 0 Å². The number of nitrogens with zero attached hydrogens (tertiary/aromatic N) is 3. The molecule has 0 aliphatic carbocycles. The molecule has 1 aromatic heterocycles. The van der Waals surface area contributed by atoms with Gasteiger partial charge in [-0.25, -0.2) is 10.2 Å². The van der Waals surface area contributed by atoms with Gasteiger partial charge in [0.15, 0.2) is 0 Å². The number of hydrogen-bond donors (Lipinski definition) is 1. The van der Waals surface area contributed by atoms with E-state index in [1.807, 2.05) is 61.5 Å². The SMILES string of the molecule is CN(C)c1ccc(C(=O)Oc2ccc3ccccc3c2C=NNC(=O)c2cccnc2)cc1. The van der Waals surface area contributed by atoms with E-state index in [1.165, 1.54) is 12.4 Å². The third-order valence-corrected chi connectivity index (χ3v) is 5.04. The quantitative estimate of drug-likeness (QED) is 0.210. The van der Waals surface area contributed by atoms with Gasteiger partial charge >= 0.3 is 5.97 Å². The molecule has 1 amide bonds. The van der Waals surface area contributed by atoms with Crippen LogP contribution in [0.25, 0.3) is 10.8 Å². The predicted octanol–water partition coefficient (Wildman–Crippen LogP) is 4.28. The molecular formula is C26H22N4O3. The molecule has 0 fully saturated rings. The van der Waals surface area contributed by atoms with E-state index in [-0.39, 0.29) is 5.91 Å². The largest absolute Gasteiger partial charge is 0.422 e. The van der Waals surface area contributed by atoms with Gasteiger partial charge in [-0.05, 0) is 53.2 Å². The first-order chi connectivity index (χ1) is 16.0. The number of amides is 1. The highest BCUT2D eigenvalue weighted by Gasteiger charge is 2.14. The summed E-state index contributed by atoms with van der Waals surface area (Å²) < 4.78 is 5.72. The van der Waals surface area contributed by atoms with Crippen molar-refractivity contribution in [3.05, 3.63) is 102 Å². The molecule has 3 aromatic carbocycles. The first-order valence-electron chi connectivity index (χ1n) is 10.3. The molecule has 7 nitrogen and oxygen atoms in total. The maximum atomic E-state index is 12.8. The summed E-state index contributed by atoms with van der Waals surface area (Å²) in [6.07, 6.45) is 4.52. The van der Waals surface area contributed by atoms with Crippen molar-refractivity contribution >= 4 is 34.6 Å². The molecule has 0 atom stereocenters. The Kier molecular flexibility index (Phi) is 6.40. The zero-order valence-corrected chi connectivity index (χ0v) is 18.2. The number of esters is 1. The normalized spacial score (nSPS) is 10.8. The van der Waals surface area contributed by atoms with E-state index in [0.717, 1.165) is 16.5 Å². The van der Waals surface area contributed by atoms with Gasteiger partial charge < -0.3 is 9.64 Å². The number of carbonyl (C=O) groups is 2. The van der Waals surface area contributed by atoms with Gasteiger partial charge in [-0.15, -0.1) is 0 Å². The second kappa shape index (κ2) is 9.74. The van der Waals surface area contributed by atoms with Crippen LogP contribution in [-0.4, -0.2) is 37.2 Å². The fourth-order valence-electron chi connectivity index (χ4n) is 3.27. The molecule has 33 heavy (non-hydrogen) atoms. The molecular weight excluding hydrogens is 416 g/mol. The molecule has 7 heteroatoms. The maximum Gasteiger partial charge on any atom is 0.343 e.